The molecular weight excluding hydrogens is 594 g/mol. The van der Waals surface area contributed by atoms with Gasteiger partial charge in [-0.05, 0) is 65.6 Å². The molecule has 0 fully saturated rings. The summed E-state index contributed by atoms with van der Waals surface area (Å²) in [5.74, 6) is 1.68. The third-order valence-corrected chi connectivity index (χ3v) is 10.1. The van der Waals surface area contributed by atoms with Gasteiger partial charge in [0.25, 0.3) is 0 Å². The third-order valence-electron chi connectivity index (χ3n) is 10.1. The largest absolute Gasteiger partial charge is 0.491 e. The van der Waals surface area contributed by atoms with Crippen LogP contribution in [0.15, 0.2) is 103 Å². The molecule has 0 N–H and O–H groups in total. The van der Waals surface area contributed by atoms with Gasteiger partial charge in [-0.25, -0.2) is 4.85 Å². The molecule has 48 heavy (non-hydrogen) atoms. The Morgan fingerprint density at radius 3 is 2.15 bits per heavy atom. The van der Waals surface area contributed by atoms with Gasteiger partial charge in [-0.3, -0.25) is 0 Å². The lowest BCUT2D eigenvalue weighted by Crippen LogP contribution is -2.35. The summed E-state index contributed by atoms with van der Waals surface area (Å²) in [6.45, 7) is 17.1. The summed E-state index contributed by atoms with van der Waals surface area (Å²) < 4.78 is 24.4. The summed E-state index contributed by atoms with van der Waals surface area (Å²) in [4.78, 5) is 3.81. The Hall–Kier alpha value is -4.89. The number of fused-ring (bicyclic) bond motifs is 8. The Morgan fingerprint density at radius 1 is 0.729 bits per heavy atom. The molecule has 2 aliphatic rings. The van der Waals surface area contributed by atoms with Crippen LogP contribution in [0.1, 0.15) is 61.4 Å². The van der Waals surface area contributed by atoms with Gasteiger partial charge in [-0.2, -0.15) is 0 Å². The molecule has 0 saturated carbocycles. The molecule has 0 aromatic heterocycles. The number of hydrogen-bond donors (Lipinski definition) is 0. The Kier molecular flexibility index (Phi) is 8.79. The standard InChI is InChI=1S/C43H41NO4/c1-5-42(6-2)38-29-32(44-4)19-22-36(38)39-34-15-11-12-16-35(34)41-37(40(39)42)23-24-43(48-41,30-13-9-8-10-14-30)31-17-20-33(21-18-31)47-28-27-46-26-25-45-7-3/h8-24,29H,5-7,25-28H2,1-3H3. The fraction of sp³-hybridized carbons (Fsp3) is 0.279. The highest BCUT2D eigenvalue weighted by molar-refractivity contribution is 6.08. The maximum absolute atomic E-state index is 7.76. The molecule has 0 radical (unpaired) electrons. The number of ether oxygens (including phenoxy) is 4. The van der Waals surface area contributed by atoms with E-state index in [1.165, 1.54) is 27.6 Å². The van der Waals surface area contributed by atoms with Crippen LogP contribution in [-0.4, -0.2) is 33.0 Å². The topological polar surface area (TPSA) is 41.3 Å². The summed E-state index contributed by atoms with van der Waals surface area (Å²) in [7, 11) is 0. The van der Waals surface area contributed by atoms with E-state index < -0.39 is 5.60 Å². The van der Waals surface area contributed by atoms with Crippen LogP contribution < -0.4 is 9.47 Å². The Bertz CT molecular complexity index is 2000. The lowest BCUT2D eigenvalue weighted by atomic mass is 9.71. The van der Waals surface area contributed by atoms with Crippen LogP contribution in [-0.2, 0) is 20.5 Å². The molecule has 7 rings (SSSR count). The molecule has 5 aromatic carbocycles. The van der Waals surface area contributed by atoms with Gasteiger partial charge in [-0.1, -0.05) is 105 Å². The molecule has 1 aliphatic heterocycles. The maximum Gasteiger partial charge on any atom is 0.187 e. The molecule has 5 nitrogen and oxygen atoms in total. The highest BCUT2D eigenvalue weighted by atomic mass is 16.5. The Labute approximate surface area is 283 Å². The molecule has 5 aromatic rings. The maximum atomic E-state index is 7.76. The van der Waals surface area contributed by atoms with Crippen molar-refractivity contribution in [3.8, 4) is 22.6 Å². The summed E-state index contributed by atoms with van der Waals surface area (Å²) >= 11 is 0. The lowest BCUT2D eigenvalue weighted by molar-refractivity contribution is 0.0405. The van der Waals surface area contributed by atoms with Crippen LogP contribution in [0.5, 0.6) is 11.5 Å². The van der Waals surface area contributed by atoms with Crippen molar-refractivity contribution >= 4 is 22.5 Å². The van der Waals surface area contributed by atoms with Gasteiger partial charge in [0.05, 0.1) is 26.4 Å². The SMILES string of the molecule is [C-]#[N+]c1ccc2c(c1)C(CC)(CC)c1c3c(c4ccccc4c1-2)OC(c1ccccc1)(c1ccc(OCCOCCOCC)cc1)C=C3. The number of rotatable bonds is 12. The first-order valence-corrected chi connectivity index (χ1v) is 17.0. The van der Waals surface area contributed by atoms with Crippen molar-refractivity contribution in [3.63, 3.8) is 0 Å². The minimum Gasteiger partial charge on any atom is -0.491 e. The summed E-state index contributed by atoms with van der Waals surface area (Å²) in [5.41, 5.74) is 7.85. The van der Waals surface area contributed by atoms with E-state index in [2.05, 4.69) is 104 Å². The van der Waals surface area contributed by atoms with Crippen LogP contribution in [0, 0.1) is 6.57 Å². The van der Waals surface area contributed by atoms with E-state index >= 15 is 0 Å². The van der Waals surface area contributed by atoms with Gasteiger partial charge in [0.1, 0.15) is 18.1 Å². The summed E-state index contributed by atoms with van der Waals surface area (Å²) in [6.07, 6.45) is 6.37. The second-order valence-corrected chi connectivity index (χ2v) is 12.4. The molecule has 0 amide bonds. The van der Waals surface area contributed by atoms with E-state index in [1.807, 2.05) is 31.2 Å². The van der Waals surface area contributed by atoms with E-state index in [1.54, 1.807) is 0 Å². The minimum atomic E-state index is -0.851. The molecule has 242 valence electrons. The molecule has 0 bridgehead atoms. The predicted molar refractivity (Wildman–Crippen MR) is 193 cm³/mol. The van der Waals surface area contributed by atoms with Crippen molar-refractivity contribution in [1.82, 2.24) is 0 Å². The van der Waals surface area contributed by atoms with Gasteiger partial charge >= 0.3 is 0 Å². The number of benzene rings is 5. The fourth-order valence-corrected chi connectivity index (χ4v) is 7.75. The van der Waals surface area contributed by atoms with E-state index in [0.717, 1.165) is 46.4 Å². The fourth-order valence-electron chi connectivity index (χ4n) is 7.75. The quantitative estimate of drug-likeness (QED) is 0.101. The van der Waals surface area contributed by atoms with Crippen LogP contribution in [0.4, 0.5) is 5.69 Å². The van der Waals surface area contributed by atoms with Crippen LogP contribution in [0.3, 0.4) is 0 Å². The average molecular weight is 636 g/mol. The first kappa shape index (κ1) is 31.7. The van der Waals surface area contributed by atoms with Crippen molar-refractivity contribution in [2.75, 3.05) is 33.0 Å². The van der Waals surface area contributed by atoms with Gasteiger partial charge in [0, 0.05) is 34.1 Å². The first-order valence-electron chi connectivity index (χ1n) is 17.0. The molecule has 5 heteroatoms. The van der Waals surface area contributed by atoms with Gasteiger partial charge in [0.15, 0.2) is 11.3 Å². The molecular formula is C43H41NO4. The van der Waals surface area contributed by atoms with Crippen LogP contribution in [0.2, 0.25) is 0 Å². The zero-order valence-corrected chi connectivity index (χ0v) is 27.9. The highest BCUT2D eigenvalue weighted by Crippen LogP contribution is 2.60. The van der Waals surface area contributed by atoms with Gasteiger partial charge < -0.3 is 18.9 Å². The lowest BCUT2D eigenvalue weighted by Gasteiger charge is -2.39. The van der Waals surface area contributed by atoms with E-state index in [-0.39, 0.29) is 5.41 Å². The van der Waals surface area contributed by atoms with Crippen molar-refractivity contribution in [1.29, 1.82) is 0 Å². The number of nitrogens with zero attached hydrogens (tertiary/aromatic N) is 1. The smallest absolute Gasteiger partial charge is 0.187 e. The molecule has 1 heterocycles. The zero-order chi connectivity index (χ0) is 33.1. The Balaban J connectivity index is 1.33. The first-order chi connectivity index (χ1) is 23.6. The van der Waals surface area contributed by atoms with Crippen molar-refractivity contribution < 1.29 is 18.9 Å². The van der Waals surface area contributed by atoms with Crippen molar-refractivity contribution in [2.45, 2.75) is 44.6 Å². The van der Waals surface area contributed by atoms with Gasteiger partial charge in [-0.15, -0.1) is 0 Å². The minimum absolute atomic E-state index is 0.231. The Morgan fingerprint density at radius 2 is 1.42 bits per heavy atom. The number of hydrogen-bond acceptors (Lipinski definition) is 4. The second-order valence-electron chi connectivity index (χ2n) is 12.4. The summed E-state index contributed by atoms with van der Waals surface area (Å²) in [5, 5.41) is 2.26. The van der Waals surface area contributed by atoms with Crippen LogP contribution >= 0.6 is 0 Å². The molecule has 0 saturated heterocycles. The average Bonchev–Trinajstić information content (AvgIpc) is 3.45. The van der Waals surface area contributed by atoms with Crippen molar-refractivity contribution in [2.24, 2.45) is 0 Å². The van der Waals surface area contributed by atoms with Crippen molar-refractivity contribution in [3.05, 3.63) is 142 Å². The monoisotopic (exact) mass is 635 g/mol. The highest BCUT2D eigenvalue weighted by Gasteiger charge is 2.46. The van der Waals surface area contributed by atoms with Crippen LogP contribution in [0.25, 0.3) is 32.8 Å². The molecule has 1 aliphatic carbocycles. The van der Waals surface area contributed by atoms with Gasteiger partial charge in [0.2, 0.25) is 0 Å². The molecule has 1 atom stereocenters. The second kappa shape index (κ2) is 13.3. The summed E-state index contributed by atoms with van der Waals surface area (Å²) in [6, 6.07) is 33.5. The van der Waals surface area contributed by atoms with E-state index in [0.29, 0.717) is 38.7 Å². The molecule has 0 spiro atoms. The third kappa shape index (κ3) is 5.17. The van der Waals surface area contributed by atoms with E-state index in [4.69, 9.17) is 25.5 Å². The normalized spacial score (nSPS) is 16.9. The predicted octanol–water partition coefficient (Wildman–Crippen LogP) is 10.3. The molecule has 1 unspecified atom stereocenters. The van der Waals surface area contributed by atoms with E-state index in [9.17, 15) is 0 Å². The zero-order valence-electron chi connectivity index (χ0n) is 27.9.